The number of hydrogen-bond donors (Lipinski definition) is 2. The Morgan fingerprint density at radius 1 is 1.07 bits per heavy atom. The molecular weight excluding hydrogens is 174 g/mol. The number of hydrogen-bond acceptors (Lipinski definition) is 2. The molecule has 0 heterocycles. The maximum absolute atomic E-state index is 9.22. The molecule has 0 aromatic carbocycles. The summed E-state index contributed by atoms with van der Waals surface area (Å²) in [6, 6.07) is 0.850. The van der Waals surface area contributed by atoms with Gasteiger partial charge in [-0.25, -0.2) is 0 Å². The standard InChI is InChI=1S/C12H27NO/c1-5-7-11(8-6-2)13-12(9-14)10(3)4/h10-14H,5-9H2,1-4H3. The largest absolute Gasteiger partial charge is 0.395 e. The summed E-state index contributed by atoms with van der Waals surface area (Å²) >= 11 is 0. The summed E-state index contributed by atoms with van der Waals surface area (Å²) in [6.07, 6.45) is 4.87. The van der Waals surface area contributed by atoms with Crippen LogP contribution in [-0.2, 0) is 0 Å². The highest BCUT2D eigenvalue weighted by molar-refractivity contribution is 4.75. The molecule has 2 nitrogen and oxygen atoms in total. The van der Waals surface area contributed by atoms with Crippen LogP contribution in [0.1, 0.15) is 53.4 Å². The zero-order valence-electron chi connectivity index (χ0n) is 10.2. The molecule has 0 radical (unpaired) electrons. The van der Waals surface area contributed by atoms with E-state index in [1.54, 1.807) is 0 Å². The number of aliphatic hydroxyl groups excluding tert-OH is 1. The van der Waals surface area contributed by atoms with Crippen molar-refractivity contribution in [1.29, 1.82) is 0 Å². The zero-order valence-corrected chi connectivity index (χ0v) is 10.2. The Morgan fingerprint density at radius 3 is 1.86 bits per heavy atom. The second-order valence-corrected chi connectivity index (χ2v) is 4.47. The van der Waals surface area contributed by atoms with Crippen LogP contribution in [0.2, 0.25) is 0 Å². The molecule has 0 fully saturated rings. The summed E-state index contributed by atoms with van der Waals surface area (Å²) in [5.41, 5.74) is 0. The highest BCUT2D eigenvalue weighted by Gasteiger charge is 2.16. The molecule has 2 heteroatoms. The molecule has 1 unspecified atom stereocenters. The van der Waals surface area contributed by atoms with Crippen molar-refractivity contribution in [1.82, 2.24) is 5.32 Å². The Bertz CT molecular complexity index is 119. The normalized spacial score (nSPS) is 13.9. The van der Waals surface area contributed by atoms with E-state index in [0.29, 0.717) is 12.0 Å². The van der Waals surface area contributed by atoms with Crippen LogP contribution in [-0.4, -0.2) is 23.8 Å². The molecule has 14 heavy (non-hydrogen) atoms. The van der Waals surface area contributed by atoms with Crippen LogP contribution >= 0.6 is 0 Å². The van der Waals surface area contributed by atoms with Crippen molar-refractivity contribution >= 4 is 0 Å². The highest BCUT2D eigenvalue weighted by Crippen LogP contribution is 2.09. The van der Waals surface area contributed by atoms with Gasteiger partial charge in [0.25, 0.3) is 0 Å². The molecule has 0 aromatic rings. The first-order chi connectivity index (χ1) is 6.65. The summed E-state index contributed by atoms with van der Waals surface area (Å²) in [5.74, 6) is 0.510. The third-order valence-corrected chi connectivity index (χ3v) is 2.73. The van der Waals surface area contributed by atoms with E-state index in [-0.39, 0.29) is 12.6 Å². The lowest BCUT2D eigenvalue weighted by atomic mass is 10.0. The minimum absolute atomic E-state index is 0.252. The van der Waals surface area contributed by atoms with Crippen LogP contribution < -0.4 is 5.32 Å². The third kappa shape index (κ3) is 5.61. The molecule has 0 saturated carbocycles. The third-order valence-electron chi connectivity index (χ3n) is 2.73. The fourth-order valence-electron chi connectivity index (χ4n) is 1.77. The molecule has 0 amide bonds. The fourth-order valence-corrected chi connectivity index (χ4v) is 1.77. The van der Waals surface area contributed by atoms with E-state index in [9.17, 15) is 5.11 Å². The van der Waals surface area contributed by atoms with Crippen molar-refractivity contribution < 1.29 is 5.11 Å². The van der Waals surface area contributed by atoms with Gasteiger partial charge in [-0.2, -0.15) is 0 Å². The average molecular weight is 201 g/mol. The molecule has 86 valence electrons. The monoisotopic (exact) mass is 201 g/mol. The summed E-state index contributed by atoms with van der Waals surface area (Å²) in [4.78, 5) is 0. The minimum atomic E-state index is 0.252. The average Bonchev–Trinajstić information content (AvgIpc) is 2.14. The summed E-state index contributed by atoms with van der Waals surface area (Å²) in [6.45, 7) is 8.99. The topological polar surface area (TPSA) is 32.3 Å². The Kier molecular flexibility index (Phi) is 8.20. The van der Waals surface area contributed by atoms with Gasteiger partial charge in [0, 0.05) is 12.1 Å². The molecule has 0 bridgehead atoms. The number of rotatable bonds is 8. The lowest BCUT2D eigenvalue weighted by Crippen LogP contribution is -2.43. The Labute approximate surface area is 89.1 Å². The smallest absolute Gasteiger partial charge is 0.0587 e. The molecule has 0 aliphatic rings. The van der Waals surface area contributed by atoms with Crippen LogP contribution in [0.3, 0.4) is 0 Å². The molecule has 1 atom stereocenters. The predicted octanol–water partition coefficient (Wildman–Crippen LogP) is 2.56. The van der Waals surface area contributed by atoms with Gasteiger partial charge in [-0.3, -0.25) is 0 Å². The lowest BCUT2D eigenvalue weighted by molar-refractivity contribution is 0.194. The maximum atomic E-state index is 9.22. The van der Waals surface area contributed by atoms with Crippen molar-refractivity contribution in [3.63, 3.8) is 0 Å². The SMILES string of the molecule is CCCC(CCC)NC(CO)C(C)C. The minimum Gasteiger partial charge on any atom is -0.395 e. The van der Waals surface area contributed by atoms with E-state index >= 15 is 0 Å². The van der Waals surface area contributed by atoms with Gasteiger partial charge in [-0.1, -0.05) is 40.5 Å². The second-order valence-electron chi connectivity index (χ2n) is 4.47. The van der Waals surface area contributed by atoms with Gasteiger partial charge in [-0.05, 0) is 18.8 Å². The molecule has 0 aromatic heterocycles. The molecule has 2 N–H and O–H groups in total. The van der Waals surface area contributed by atoms with E-state index in [2.05, 4.69) is 33.0 Å². The van der Waals surface area contributed by atoms with Crippen molar-refractivity contribution in [3.8, 4) is 0 Å². The first-order valence-electron chi connectivity index (χ1n) is 6.02. The van der Waals surface area contributed by atoms with E-state index in [1.165, 1.54) is 25.7 Å². The number of nitrogens with one attached hydrogen (secondary N) is 1. The highest BCUT2D eigenvalue weighted by atomic mass is 16.3. The quantitative estimate of drug-likeness (QED) is 0.632. The Balaban J connectivity index is 3.96. The van der Waals surface area contributed by atoms with Gasteiger partial charge in [0.05, 0.1) is 6.61 Å². The van der Waals surface area contributed by atoms with Crippen LogP contribution in [0, 0.1) is 5.92 Å². The van der Waals surface area contributed by atoms with E-state index in [1.807, 2.05) is 0 Å². The van der Waals surface area contributed by atoms with Crippen molar-refractivity contribution in [3.05, 3.63) is 0 Å². The van der Waals surface area contributed by atoms with Crippen molar-refractivity contribution in [2.24, 2.45) is 5.92 Å². The molecule has 0 aliphatic heterocycles. The van der Waals surface area contributed by atoms with Gasteiger partial charge in [0.2, 0.25) is 0 Å². The fraction of sp³-hybridized carbons (Fsp3) is 1.00. The van der Waals surface area contributed by atoms with Crippen LogP contribution in [0.5, 0.6) is 0 Å². The van der Waals surface area contributed by atoms with Crippen LogP contribution in [0.25, 0.3) is 0 Å². The summed E-state index contributed by atoms with van der Waals surface area (Å²) in [7, 11) is 0. The Morgan fingerprint density at radius 2 is 1.57 bits per heavy atom. The van der Waals surface area contributed by atoms with Gasteiger partial charge in [0.15, 0.2) is 0 Å². The van der Waals surface area contributed by atoms with Gasteiger partial charge >= 0.3 is 0 Å². The maximum Gasteiger partial charge on any atom is 0.0587 e. The molecule has 0 rings (SSSR count). The van der Waals surface area contributed by atoms with E-state index in [4.69, 9.17) is 0 Å². The molecule has 0 aliphatic carbocycles. The summed E-state index contributed by atoms with van der Waals surface area (Å²) < 4.78 is 0. The van der Waals surface area contributed by atoms with Crippen molar-refractivity contribution in [2.75, 3.05) is 6.61 Å². The van der Waals surface area contributed by atoms with Crippen LogP contribution in [0.15, 0.2) is 0 Å². The van der Waals surface area contributed by atoms with Crippen LogP contribution in [0.4, 0.5) is 0 Å². The molecular formula is C12H27NO. The van der Waals surface area contributed by atoms with E-state index < -0.39 is 0 Å². The summed E-state index contributed by atoms with van der Waals surface area (Å²) in [5, 5.41) is 12.8. The zero-order chi connectivity index (χ0) is 11.0. The lowest BCUT2D eigenvalue weighted by Gasteiger charge is -2.26. The van der Waals surface area contributed by atoms with Gasteiger partial charge in [-0.15, -0.1) is 0 Å². The van der Waals surface area contributed by atoms with Crippen molar-refractivity contribution in [2.45, 2.75) is 65.5 Å². The second kappa shape index (κ2) is 8.25. The predicted molar refractivity (Wildman–Crippen MR) is 62.5 cm³/mol. The first-order valence-corrected chi connectivity index (χ1v) is 6.02. The Hall–Kier alpha value is -0.0800. The molecule has 0 saturated heterocycles. The number of aliphatic hydroxyl groups is 1. The van der Waals surface area contributed by atoms with Gasteiger partial charge < -0.3 is 10.4 Å². The van der Waals surface area contributed by atoms with Gasteiger partial charge in [0.1, 0.15) is 0 Å². The van der Waals surface area contributed by atoms with E-state index in [0.717, 1.165) is 0 Å². The first kappa shape index (κ1) is 13.9. The molecule has 0 spiro atoms.